The maximum absolute atomic E-state index is 10.7. The van der Waals surface area contributed by atoms with Crippen LogP contribution in [0.4, 0.5) is 5.69 Å². The molecule has 2 rings (SSSR count). The van der Waals surface area contributed by atoms with Gasteiger partial charge >= 0.3 is 5.97 Å². The molecule has 1 aliphatic heterocycles. The van der Waals surface area contributed by atoms with E-state index in [4.69, 9.17) is 9.84 Å². The minimum atomic E-state index is -0.953. The average molecular weight is 258 g/mol. The molecule has 1 atom stereocenters. The highest BCUT2D eigenvalue weighted by Crippen LogP contribution is 2.31. The summed E-state index contributed by atoms with van der Waals surface area (Å²) in [5.41, 5.74) is 0.817. The Balaban J connectivity index is 2.27. The number of halogens is 1. The largest absolute Gasteiger partial charge is 0.478 e. The molecular formula is C9H8BrNO3. The second-order valence-electron chi connectivity index (χ2n) is 2.97. The standard InChI is InChI=1S/C9H8BrNO3/c10-5-1-2-7-6(3-5)11-4-8(14-7)9(12)13/h1-3,8,11H,4H2,(H,12,13)/t8-/m0/s1. The molecule has 74 valence electrons. The van der Waals surface area contributed by atoms with Crippen molar-refractivity contribution >= 4 is 27.6 Å². The van der Waals surface area contributed by atoms with Crippen LogP contribution in [0.15, 0.2) is 22.7 Å². The highest BCUT2D eigenvalue weighted by molar-refractivity contribution is 9.10. The van der Waals surface area contributed by atoms with Gasteiger partial charge in [0, 0.05) is 4.47 Å². The van der Waals surface area contributed by atoms with Crippen LogP contribution in [0.5, 0.6) is 5.75 Å². The smallest absolute Gasteiger partial charge is 0.346 e. The van der Waals surface area contributed by atoms with Gasteiger partial charge in [-0.15, -0.1) is 0 Å². The van der Waals surface area contributed by atoms with Crippen LogP contribution in [-0.2, 0) is 4.79 Å². The number of fused-ring (bicyclic) bond motifs is 1. The van der Waals surface area contributed by atoms with E-state index in [1.807, 2.05) is 12.1 Å². The topological polar surface area (TPSA) is 58.6 Å². The third-order valence-electron chi connectivity index (χ3n) is 1.96. The number of rotatable bonds is 1. The molecule has 0 spiro atoms. The highest BCUT2D eigenvalue weighted by atomic mass is 79.9. The van der Waals surface area contributed by atoms with Crippen molar-refractivity contribution in [3.63, 3.8) is 0 Å². The van der Waals surface area contributed by atoms with E-state index in [1.54, 1.807) is 6.07 Å². The van der Waals surface area contributed by atoms with Crippen molar-refractivity contribution in [3.05, 3.63) is 22.7 Å². The van der Waals surface area contributed by atoms with Crippen molar-refractivity contribution < 1.29 is 14.6 Å². The molecule has 0 radical (unpaired) electrons. The number of aliphatic carboxylic acids is 1. The first kappa shape index (κ1) is 9.33. The van der Waals surface area contributed by atoms with E-state index < -0.39 is 12.1 Å². The monoisotopic (exact) mass is 257 g/mol. The third-order valence-corrected chi connectivity index (χ3v) is 2.46. The van der Waals surface area contributed by atoms with Crippen LogP contribution in [0.25, 0.3) is 0 Å². The van der Waals surface area contributed by atoms with Crippen molar-refractivity contribution in [1.29, 1.82) is 0 Å². The van der Waals surface area contributed by atoms with Gasteiger partial charge in [-0.05, 0) is 18.2 Å². The first-order valence-corrected chi connectivity index (χ1v) is 4.89. The molecule has 0 aromatic heterocycles. The van der Waals surface area contributed by atoms with Crippen LogP contribution in [0, 0.1) is 0 Å². The Morgan fingerprint density at radius 1 is 1.64 bits per heavy atom. The zero-order valence-electron chi connectivity index (χ0n) is 7.16. The fourth-order valence-corrected chi connectivity index (χ4v) is 1.64. The minimum absolute atomic E-state index is 0.290. The molecule has 0 amide bonds. The van der Waals surface area contributed by atoms with Gasteiger partial charge in [0.1, 0.15) is 5.75 Å². The van der Waals surface area contributed by atoms with Crippen LogP contribution >= 0.6 is 15.9 Å². The van der Waals surface area contributed by atoms with Gasteiger partial charge in [-0.2, -0.15) is 0 Å². The van der Waals surface area contributed by atoms with Crippen molar-refractivity contribution in [2.75, 3.05) is 11.9 Å². The van der Waals surface area contributed by atoms with E-state index >= 15 is 0 Å². The molecule has 0 bridgehead atoms. The summed E-state index contributed by atoms with van der Waals surface area (Å²) in [6.07, 6.45) is -0.802. The fourth-order valence-electron chi connectivity index (χ4n) is 1.28. The second kappa shape index (κ2) is 3.49. The van der Waals surface area contributed by atoms with Crippen molar-refractivity contribution in [1.82, 2.24) is 0 Å². The van der Waals surface area contributed by atoms with E-state index in [1.165, 1.54) is 0 Å². The molecule has 0 fully saturated rings. The number of carboxylic acids is 1. The molecule has 4 nitrogen and oxygen atoms in total. The molecule has 1 aromatic carbocycles. The quantitative estimate of drug-likeness (QED) is 0.805. The SMILES string of the molecule is O=C(O)[C@@H]1CNc2cc(Br)ccc2O1. The maximum atomic E-state index is 10.7. The van der Waals surface area contributed by atoms with Gasteiger partial charge in [0.25, 0.3) is 0 Å². The molecule has 2 N–H and O–H groups in total. The number of nitrogens with one attached hydrogen (secondary N) is 1. The van der Waals surface area contributed by atoms with E-state index in [0.29, 0.717) is 12.3 Å². The summed E-state index contributed by atoms with van der Waals surface area (Å²) < 4.78 is 6.20. The number of anilines is 1. The van der Waals surface area contributed by atoms with E-state index in [2.05, 4.69) is 21.2 Å². The first-order valence-electron chi connectivity index (χ1n) is 4.10. The predicted molar refractivity (Wildman–Crippen MR) is 54.7 cm³/mol. The Kier molecular flexibility index (Phi) is 2.33. The van der Waals surface area contributed by atoms with E-state index in [9.17, 15) is 4.79 Å². The number of carboxylic acid groups (broad SMARTS) is 1. The Labute approximate surface area is 89.0 Å². The second-order valence-corrected chi connectivity index (χ2v) is 3.88. The summed E-state index contributed by atoms with van der Waals surface area (Å²) in [5, 5.41) is 11.7. The molecule has 5 heteroatoms. The van der Waals surface area contributed by atoms with Gasteiger partial charge in [-0.3, -0.25) is 0 Å². The summed E-state index contributed by atoms with van der Waals surface area (Å²) >= 11 is 3.32. The number of ether oxygens (including phenoxy) is 1. The fraction of sp³-hybridized carbons (Fsp3) is 0.222. The molecule has 14 heavy (non-hydrogen) atoms. The van der Waals surface area contributed by atoms with Crippen LogP contribution < -0.4 is 10.1 Å². The Morgan fingerprint density at radius 3 is 3.14 bits per heavy atom. The molecule has 0 saturated heterocycles. The van der Waals surface area contributed by atoms with E-state index in [-0.39, 0.29) is 0 Å². The summed E-state index contributed by atoms with van der Waals surface area (Å²) in [6, 6.07) is 5.40. The zero-order valence-corrected chi connectivity index (χ0v) is 8.74. The molecule has 0 saturated carbocycles. The third kappa shape index (κ3) is 1.68. The lowest BCUT2D eigenvalue weighted by Crippen LogP contribution is -2.37. The maximum Gasteiger partial charge on any atom is 0.346 e. The van der Waals surface area contributed by atoms with Crippen molar-refractivity contribution in [2.45, 2.75) is 6.10 Å². The average Bonchev–Trinajstić information content (AvgIpc) is 2.16. The van der Waals surface area contributed by atoms with Crippen LogP contribution in [0.2, 0.25) is 0 Å². The Bertz CT molecular complexity index is 380. The van der Waals surface area contributed by atoms with Gasteiger partial charge in [-0.25, -0.2) is 4.79 Å². The van der Waals surface area contributed by atoms with Gasteiger partial charge in [0.15, 0.2) is 0 Å². The van der Waals surface area contributed by atoms with Crippen LogP contribution in [-0.4, -0.2) is 23.7 Å². The molecule has 1 aromatic rings. The predicted octanol–water partition coefficient (Wildman–Crippen LogP) is 1.71. The summed E-state index contributed by atoms with van der Waals surface area (Å²) in [7, 11) is 0. The van der Waals surface area contributed by atoms with Gasteiger partial charge in [-0.1, -0.05) is 15.9 Å². The van der Waals surface area contributed by atoms with Gasteiger partial charge in [0.2, 0.25) is 6.10 Å². The molecular weight excluding hydrogens is 250 g/mol. The first-order chi connectivity index (χ1) is 6.66. The number of carbonyl (C=O) groups is 1. The normalized spacial score (nSPS) is 19.1. The van der Waals surface area contributed by atoms with E-state index in [0.717, 1.165) is 10.2 Å². The lowest BCUT2D eigenvalue weighted by atomic mass is 10.2. The molecule has 1 aliphatic rings. The van der Waals surface area contributed by atoms with Gasteiger partial charge in [0.05, 0.1) is 12.2 Å². The number of hydrogen-bond donors (Lipinski definition) is 2. The molecule has 1 heterocycles. The summed E-state index contributed by atoms with van der Waals surface area (Å²) in [5.74, 6) is -0.377. The van der Waals surface area contributed by atoms with Gasteiger partial charge < -0.3 is 15.2 Å². The zero-order chi connectivity index (χ0) is 10.1. The highest BCUT2D eigenvalue weighted by Gasteiger charge is 2.24. The van der Waals surface area contributed by atoms with Crippen LogP contribution in [0.3, 0.4) is 0 Å². The lowest BCUT2D eigenvalue weighted by molar-refractivity contribution is -0.144. The van der Waals surface area contributed by atoms with Crippen molar-refractivity contribution in [2.24, 2.45) is 0 Å². The van der Waals surface area contributed by atoms with Crippen molar-refractivity contribution in [3.8, 4) is 5.75 Å². The minimum Gasteiger partial charge on any atom is -0.478 e. The van der Waals surface area contributed by atoms with Crippen LogP contribution in [0.1, 0.15) is 0 Å². The molecule has 0 unspecified atom stereocenters. The Hall–Kier alpha value is -1.23. The number of hydrogen-bond acceptors (Lipinski definition) is 3. The summed E-state index contributed by atoms with van der Waals surface area (Å²) in [4.78, 5) is 10.7. The lowest BCUT2D eigenvalue weighted by Gasteiger charge is -2.24. The summed E-state index contributed by atoms with van der Waals surface area (Å²) in [6.45, 7) is 0.290. The Morgan fingerprint density at radius 2 is 2.43 bits per heavy atom. The molecule has 0 aliphatic carbocycles. The number of benzene rings is 1.